The molecule has 0 saturated heterocycles. The largest absolute Gasteiger partial charge is 0.326 e. The van der Waals surface area contributed by atoms with E-state index < -0.39 is 0 Å². The Balaban J connectivity index is 2.46. The maximum Gasteiger partial charge on any atom is 0.225 e. The number of benzene rings is 1. The van der Waals surface area contributed by atoms with Gasteiger partial charge in [-0.2, -0.15) is 0 Å². The molecule has 4 nitrogen and oxygen atoms in total. The van der Waals surface area contributed by atoms with Crippen LogP contribution in [0.5, 0.6) is 0 Å². The van der Waals surface area contributed by atoms with Crippen LogP contribution >= 0.6 is 0 Å². The van der Waals surface area contributed by atoms with Crippen LogP contribution < -0.4 is 10.6 Å². The van der Waals surface area contributed by atoms with Crippen LogP contribution in [0.25, 0.3) is 0 Å². The Kier molecular flexibility index (Phi) is 8.13. The highest BCUT2D eigenvalue weighted by molar-refractivity contribution is 5.92. The fourth-order valence-corrected chi connectivity index (χ4v) is 2.76. The van der Waals surface area contributed by atoms with Gasteiger partial charge >= 0.3 is 0 Å². The summed E-state index contributed by atoms with van der Waals surface area (Å²) in [6, 6.07) is 6.06. The quantitative estimate of drug-likeness (QED) is 0.688. The lowest BCUT2D eigenvalue weighted by Crippen LogP contribution is -2.45. The molecule has 0 aromatic heterocycles. The highest BCUT2D eigenvalue weighted by Crippen LogP contribution is 2.19. The molecular formula is C18H31N3O. The van der Waals surface area contributed by atoms with E-state index in [1.54, 1.807) is 0 Å². The molecule has 0 radical (unpaired) electrons. The number of hydrogen-bond acceptors (Lipinski definition) is 3. The molecule has 0 spiro atoms. The molecule has 1 atom stereocenters. The molecule has 1 aromatic carbocycles. The van der Waals surface area contributed by atoms with Gasteiger partial charge in [-0.25, -0.2) is 0 Å². The molecule has 124 valence electrons. The highest BCUT2D eigenvalue weighted by Gasteiger charge is 2.13. The minimum absolute atomic E-state index is 0.0688. The fourth-order valence-electron chi connectivity index (χ4n) is 2.76. The zero-order valence-corrected chi connectivity index (χ0v) is 14.7. The topological polar surface area (TPSA) is 44.4 Å². The lowest BCUT2D eigenvalue weighted by Gasteiger charge is -2.29. The second-order valence-electron chi connectivity index (χ2n) is 5.66. The van der Waals surface area contributed by atoms with Crippen molar-refractivity contribution in [1.82, 2.24) is 10.2 Å². The molecule has 4 heteroatoms. The van der Waals surface area contributed by atoms with Crippen molar-refractivity contribution in [3.05, 3.63) is 29.3 Å². The van der Waals surface area contributed by atoms with Gasteiger partial charge in [-0.05, 0) is 44.5 Å². The average molecular weight is 305 g/mol. The summed E-state index contributed by atoms with van der Waals surface area (Å²) in [6.45, 7) is 13.3. The summed E-state index contributed by atoms with van der Waals surface area (Å²) in [6.07, 6.45) is 1.88. The number of anilines is 1. The third kappa shape index (κ3) is 5.43. The first-order valence-electron chi connectivity index (χ1n) is 8.36. The number of carbonyl (C=O) groups is 1. The van der Waals surface area contributed by atoms with Gasteiger partial charge in [0.2, 0.25) is 5.91 Å². The standard InChI is InChI=1S/C18H31N3O/c1-6-16(21(7-2)8-3)19-13-12-17(22)20-18-14(4)10-9-11-15(18)5/h9-11,16,19H,6-8,12-13H2,1-5H3,(H,20,22). The molecule has 0 aliphatic heterocycles. The normalized spacial score (nSPS) is 12.5. The molecule has 1 aromatic rings. The van der Waals surface area contributed by atoms with Crippen LogP contribution in [0, 0.1) is 13.8 Å². The number of hydrogen-bond donors (Lipinski definition) is 2. The molecule has 1 unspecified atom stereocenters. The summed E-state index contributed by atoms with van der Waals surface area (Å²) in [5, 5.41) is 6.52. The summed E-state index contributed by atoms with van der Waals surface area (Å²) >= 11 is 0. The molecule has 1 rings (SSSR count). The minimum atomic E-state index is 0.0688. The van der Waals surface area contributed by atoms with Crippen molar-refractivity contribution in [2.75, 3.05) is 25.0 Å². The van der Waals surface area contributed by atoms with Gasteiger partial charge in [-0.15, -0.1) is 0 Å². The van der Waals surface area contributed by atoms with Crippen LogP contribution in [0.4, 0.5) is 5.69 Å². The Labute approximate surface area is 135 Å². The van der Waals surface area contributed by atoms with E-state index in [1.807, 2.05) is 32.0 Å². The van der Waals surface area contributed by atoms with Gasteiger partial charge < -0.3 is 10.6 Å². The number of aryl methyl sites for hydroxylation is 2. The number of nitrogens with zero attached hydrogens (tertiary/aromatic N) is 1. The van der Waals surface area contributed by atoms with Crippen molar-refractivity contribution in [2.24, 2.45) is 0 Å². The molecule has 0 aliphatic rings. The van der Waals surface area contributed by atoms with E-state index >= 15 is 0 Å². The molecule has 0 aliphatic carbocycles. The first-order valence-corrected chi connectivity index (χ1v) is 8.36. The lowest BCUT2D eigenvalue weighted by molar-refractivity contribution is -0.116. The van der Waals surface area contributed by atoms with Gasteiger partial charge in [0.05, 0.1) is 6.17 Å². The third-order valence-corrected chi connectivity index (χ3v) is 4.12. The van der Waals surface area contributed by atoms with Crippen LogP contribution in [0.3, 0.4) is 0 Å². The minimum Gasteiger partial charge on any atom is -0.326 e. The Morgan fingerprint density at radius 1 is 1.14 bits per heavy atom. The van der Waals surface area contributed by atoms with Crippen LogP contribution in [0.2, 0.25) is 0 Å². The van der Waals surface area contributed by atoms with Crippen LogP contribution in [0.15, 0.2) is 18.2 Å². The van der Waals surface area contributed by atoms with Crippen molar-refractivity contribution < 1.29 is 4.79 Å². The summed E-state index contributed by atoms with van der Waals surface area (Å²) in [4.78, 5) is 14.5. The van der Waals surface area contributed by atoms with Crippen LogP contribution in [0.1, 0.15) is 44.7 Å². The fraction of sp³-hybridized carbons (Fsp3) is 0.611. The van der Waals surface area contributed by atoms with E-state index in [9.17, 15) is 4.79 Å². The summed E-state index contributed by atoms with van der Waals surface area (Å²) in [7, 11) is 0. The van der Waals surface area contributed by atoms with Gasteiger partial charge in [-0.3, -0.25) is 9.69 Å². The predicted molar refractivity (Wildman–Crippen MR) is 94.2 cm³/mol. The van der Waals surface area contributed by atoms with Gasteiger partial charge in [0, 0.05) is 18.7 Å². The van der Waals surface area contributed by atoms with Crippen molar-refractivity contribution in [1.29, 1.82) is 0 Å². The molecule has 0 fully saturated rings. The van der Waals surface area contributed by atoms with Crippen molar-refractivity contribution in [3.63, 3.8) is 0 Å². The summed E-state index contributed by atoms with van der Waals surface area (Å²) in [5.41, 5.74) is 3.16. The SMILES string of the molecule is CCC(NCCC(=O)Nc1c(C)cccc1C)N(CC)CC. The second-order valence-corrected chi connectivity index (χ2v) is 5.66. The maximum atomic E-state index is 12.1. The smallest absolute Gasteiger partial charge is 0.225 e. The molecular weight excluding hydrogens is 274 g/mol. The second kappa shape index (κ2) is 9.59. The number of carbonyl (C=O) groups excluding carboxylic acids is 1. The lowest BCUT2D eigenvalue weighted by atomic mass is 10.1. The number of amides is 1. The monoisotopic (exact) mass is 305 g/mol. The van der Waals surface area contributed by atoms with Crippen LogP contribution in [-0.4, -0.2) is 36.6 Å². The van der Waals surface area contributed by atoms with Crippen molar-refractivity contribution >= 4 is 11.6 Å². The van der Waals surface area contributed by atoms with E-state index in [1.165, 1.54) is 0 Å². The maximum absolute atomic E-state index is 12.1. The Morgan fingerprint density at radius 2 is 1.73 bits per heavy atom. The van der Waals surface area contributed by atoms with E-state index in [4.69, 9.17) is 0 Å². The predicted octanol–water partition coefficient (Wildman–Crippen LogP) is 3.30. The van der Waals surface area contributed by atoms with Gasteiger partial charge in [0.1, 0.15) is 0 Å². The van der Waals surface area contributed by atoms with Crippen LogP contribution in [-0.2, 0) is 4.79 Å². The molecule has 0 bridgehead atoms. The highest BCUT2D eigenvalue weighted by atomic mass is 16.1. The average Bonchev–Trinajstić information content (AvgIpc) is 2.50. The molecule has 0 heterocycles. The van der Waals surface area contributed by atoms with E-state index in [2.05, 4.69) is 36.3 Å². The molecule has 22 heavy (non-hydrogen) atoms. The Bertz CT molecular complexity index is 449. The van der Waals surface area contributed by atoms with Gasteiger partial charge in [0.25, 0.3) is 0 Å². The zero-order valence-electron chi connectivity index (χ0n) is 14.7. The third-order valence-electron chi connectivity index (χ3n) is 4.12. The Morgan fingerprint density at radius 3 is 2.23 bits per heavy atom. The molecule has 1 amide bonds. The number of rotatable bonds is 9. The number of para-hydroxylation sites is 1. The van der Waals surface area contributed by atoms with E-state index in [0.29, 0.717) is 19.1 Å². The number of nitrogens with one attached hydrogen (secondary N) is 2. The summed E-state index contributed by atoms with van der Waals surface area (Å²) < 4.78 is 0. The van der Waals surface area contributed by atoms with E-state index in [-0.39, 0.29) is 5.91 Å². The molecule has 0 saturated carbocycles. The van der Waals surface area contributed by atoms with Gasteiger partial charge in [-0.1, -0.05) is 39.0 Å². The van der Waals surface area contributed by atoms with Crippen molar-refractivity contribution in [3.8, 4) is 0 Å². The van der Waals surface area contributed by atoms with Crippen molar-refractivity contribution in [2.45, 2.75) is 53.6 Å². The van der Waals surface area contributed by atoms with Gasteiger partial charge in [0.15, 0.2) is 0 Å². The molecule has 2 N–H and O–H groups in total. The zero-order chi connectivity index (χ0) is 16.5. The van der Waals surface area contributed by atoms with E-state index in [0.717, 1.165) is 36.3 Å². The Hall–Kier alpha value is -1.39. The summed E-state index contributed by atoms with van der Waals surface area (Å²) in [5.74, 6) is 0.0688. The first kappa shape index (κ1) is 18.7. The first-order chi connectivity index (χ1) is 10.5.